The fourth-order valence-corrected chi connectivity index (χ4v) is 2.51. The quantitative estimate of drug-likeness (QED) is 0.328. The van der Waals surface area contributed by atoms with Crippen LogP contribution in [0.3, 0.4) is 0 Å². The zero-order chi connectivity index (χ0) is 21.0. The molecule has 30 heavy (non-hydrogen) atoms. The summed E-state index contributed by atoms with van der Waals surface area (Å²) in [6, 6.07) is 18.6. The van der Waals surface area contributed by atoms with E-state index in [2.05, 4.69) is 21.1 Å². The Morgan fingerprint density at radius 2 is 1.03 bits per heavy atom. The Bertz CT molecular complexity index is 934. The third-order valence-corrected chi connectivity index (χ3v) is 3.95. The molecule has 8 nitrogen and oxygen atoms in total. The maximum absolute atomic E-state index is 11.8. The van der Waals surface area contributed by atoms with E-state index in [4.69, 9.17) is 0 Å². The molecule has 1 aromatic carbocycles. The lowest BCUT2D eigenvalue weighted by molar-refractivity contribution is -0.684. The topological polar surface area (TPSA) is 90.7 Å². The van der Waals surface area contributed by atoms with Gasteiger partial charge in [-0.15, -0.1) is 0 Å². The summed E-state index contributed by atoms with van der Waals surface area (Å²) < 4.78 is 3.52. The van der Waals surface area contributed by atoms with Crippen molar-refractivity contribution in [2.75, 3.05) is 0 Å². The molecule has 0 bridgehead atoms. The fourth-order valence-electron chi connectivity index (χ4n) is 2.51. The molecule has 2 amide bonds. The van der Waals surface area contributed by atoms with E-state index in [-0.39, 0.29) is 24.9 Å². The summed E-state index contributed by atoms with van der Waals surface area (Å²) in [5.74, 6) is -0.425. The molecule has 0 unspecified atom stereocenters. The van der Waals surface area contributed by atoms with Crippen LogP contribution in [0.1, 0.15) is 11.1 Å². The van der Waals surface area contributed by atoms with Gasteiger partial charge >= 0.3 is 11.8 Å². The molecule has 3 rings (SSSR count). The van der Waals surface area contributed by atoms with Crippen molar-refractivity contribution in [3.63, 3.8) is 0 Å². The van der Waals surface area contributed by atoms with Gasteiger partial charge in [-0.25, -0.2) is 10.9 Å². The lowest BCUT2D eigenvalue weighted by Crippen LogP contribution is -2.40. The van der Waals surface area contributed by atoms with Crippen LogP contribution in [-0.4, -0.2) is 24.2 Å². The summed E-state index contributed by atoms with van der Waals surface area (Å²) in [6.07, 6.45) is 10.4. The number of hydrogen-bond donors (Lipinski definition) is 2. The van der Waals surface area contributed by atoms with Gasteiger partial charge in [0.05, 0.1) is 12.4 Å². The van der Waals surface area contributed by atoms with Crippen molar-refractivity contribution in [2.45, 2.75) is 13.1 Å². The molecule has 150 valence electrons. The van der Waals surface area contributed by atoms with Gasteiger partial charge in [-0.2, -0.15) is 19.3 Å². The van der Waals surface area contributed by atoms with E-state index in [0.29, 0.717) is 0 Å². The molecule has 0 saturated carbocycles. The number of carbonyl (C=O) groups is 2. The summed E-state index contributed by atoms with van der Waals surface area (Å²) in [5, 5.41) is 7.92. The first kappa shape index (κ1) is 20.5. The van der Waals surface area contributed by atoms with Crippen molar-refractivity contribution >= 4 is 24.2 Å². The van der Waals surface area contributed by atoms with Crippen LogP contribution in [0.5, 0.6) is 0 Å². The van der Waals surface area contributed by atoms with Crippen LogP contribution in [0.25, 0.3) is 0 Å². The van der Waals surface area contributed by atoms with Gasteiger partial charge in [0.1, 0.15) is 0 Å². The Kier molecular flexibility index (Phi) is 7.50. The monoisotopic (exact) mass is 402 g/mol. The van der Waals surface area contributed by atoms with Crippen molar-refractivity contribution in [3.05, 3.63) is 96.6 Å². The normalized spacial score (nSPS) is 10.9. The van der Waals surface area contributed by atoms with E-state index in [1.807, 2.05) is 85.5 Å². The molecule has 8 heteroatoms. The second-order valence-electron chi connectivity index (χ2n) is 6.35. The number of nitrogens with zero attached hydrogens (tertiary/aromatic N) is 4. The Balaban J connectivity index is 1.42. The van der Waals surface area contributed by atoms with Gasteiger partial charge < -0.3 is 0 Å². The molecule has 0 aliphatic carbocycles. The molecule has 0 spiro atoms. The molecule has 0 atom stereocenters. The highest BCUT2D eigenvalue weighted by Gasteiger charge is 2.07. The number of pyridine rings is 2. The number of nitrogens with one attached hydrogen (secondary N) is 2. The standard InChI is InChI=1S/C22H20N6O2/c29-21(17-27-11-3-1-4-12-27)25-23-15-19-7-9-20(10-8-19)16-24-26-22(30)18-28-13-5-2-6-14-28/h1-16H,17-18H2/p+2. The van der Waals surface area contributed by atoms with Crippen LogP contribution >= 0.6 is 0 Å². The first-order chi connectivity index (χ1) is 14.7. The Hall–Kier alpha value is -4.20. The molecule has 2 aromatic heterocycles. The van der Waals surface area contributed by atoms with E-state index in [1.165, 1.54) is 0 Å². The van der Waals surface area contributed by atoms with E-state index < -0.39 is 0 Å². The summed E-state index contributed by atoms with van der Waals surface area (Å²) in [5.41, 5.74) is 6.64. The first-order valence-electron chi connectivity index (χ1n) is 9.31. The summed E-state index contributed by atoms with van der Waals surface area (Å²) in [7, 11) is 0. The Labute approximate surface area is 174 Å². The summed E-state index contributed by atoms with van der Waals surface area (Å²) in [6.45, 7) is 0.393. The van der Waals surface area contributed by atoms with E-state index in [0.717, 1.165) is 11.1 Å². The predicted molar refractivity (Wildman–Crippen MR) is 111 cm³/mol. The minimum absolute atomic E-state index is 0.197. The number of hydrogen-bond acceptors (Lipinski definition) is 4. The van der Waals surface area contributed by atoms with E-state index in [9.17, 15) is 9.59 Å². The third-order valence-electron chi connectivity index (χ3n) is 3.95. The van der Waals surface area contributed by atoms with Crippen molar-refractivity contribution in [1.82, 2.24) is 10.9 Å². The smallest absolute Gasteiger partial charge is 0.266 e. The molecule has 0 saturated heterocycles. The van der Waals surface area contributed by atoms with Crippen LogP contribution in [0.4, 0.5) is 0 Å². The molecule has 2 heterocycles. The van der Waals surface area contributed by atoms with Crippen LogP contribution in [0, 0.1) is 0 Å². The highest BCUT2D eigenvalue weighted by Crippen LogP contribution is 2.00. The van der Waals surface area contributed by atoms with Gasteiger partial charge in [0.15, 0.2) is 24.8 Å². The number of carbonyl (C=O) groups excluding carboxylic acids is 2. The number of rotatable bonds is 8. The van der Waals surface area contributed by atoms with Gasteiger partial charge in [-0.05, 0) is 11.1 Å². The van der Waals surface area contributed by atoms with Gasteiger partial charge in [0.2, 0.25) is 13.1 Å². The second kappa shape index (κ2) is 11.0. The third kappa shape index (κ3) is 7.08. The number of amides is 2. The van der Waals surface area contributed by atoms with Crippen LogP contribution in [-0.2, 0) is 22.7 Å². The molecular formula is C22H22N6O2+2. The maximum Gasteiger partial charge on any atom is 0.305 e. The van der Waals surface area contributed by atoms with Crippen molar-refractivity contribution in [3.8, 4) is 0 Å². The number of hydrazone groups is 2. The molecule has 0 aliphatic rings. The molecular weight excluding hydrogens is 380 g/mol. The highest BCUT2D eigenvalue weighted by atomic mass is 16.2. The predicted octanol–water partition coefficient (Wildman–Crippen LogP) is 0.562. The van der Waals surface area contributed by atoms with Gasteiger partial charge in [-0.1, -0.05) is 36.4 Å². The van der Waals surface area contributed by atoms with Crippen LogP contribution in [0.2, 0.25) is 0 Å². The number of benzene rings is 1. The maximum atomic E-state index is 11.8. The lowest BCUT2D eigenvalue weighted by Gasteiger charge is -1.98. The zero-order valence-corrected chi connectivity index (χ0v) is 16.3. The highest BCUT2D eigenvalue weighted by molar-refractivity contribution is 5.85. The van der Waals surface area contributed by atoms with Crippen LogP contribution in [0.15, 0.2) is 95.7 Å². The summed E-state index contributed by atoms with van der Waals surface area (Å²) in [4.78, 5) is 23.7. The Morgan fingerprint density at radius 3 is 1.40 bits per heavy atom. The fraction of sp³-hybridized carbons (Fsp3) is 0.0909. The van der Waals surface area contributed by atoms with Crippen molar-refractivity contribution < 1.29 is 18.7 Å². The molecule has 3 aromatic rings. The summed E-state index contributed by atoms with van der Waals surface area (Å²) >= 11 is 0. The molecule has 0 fully saturated rings. The van der Waals surface area contributed by atoms with Crippen LogP contribution < -0.4 is 20.0 Å². The average molecular weight is 402 g/mol. The van der Waals surface area contributed by atoms with Crippen molar-refractivity contribution in [2.24, 2.45) is 10.2 Å². The zero-order valence-electron chi connectivity index (χ0n) is 16.3. The Morgan fingerprint density at radius 1 is 0.667 bits per heavy atom. The van der Waals surface area contributed by atoms with Gasteiger partial charge in [0.25, 0.3) is 0 Å². The molecule has 2 N–H and O–H groups in total. The lowest BCUT2D eigenvalue weighted by atomic mass is 10.2. The number of aromatic nitrogens is 2. The minimum Gasteiger partial charge on any atom is -0.266 e. The van der Waals surface area contributed by atoms with Gasteiger partial charge in [0, 0.05) is 24.3 Å². The van der Waals surface area contributed by atoms with Gasteiger partial charge in [-0.3, -0.25) is 9.59 Å². The largest absolute Gasteiger partial charge is 0.305 e. The second-order valence-corrected chi connectivity index (χ2v) is 6.35. The minimum atomic E-state index is -0.212. The van der Waals surface area contributed by atoms with E-state index >= 15 is 0 Å². The van der Waals surface area contributed by atoms with Crippen molar-refractivity contribution in [1.29, 1.82) is 0 Å². The average Bonchev–Trinajstić information content (AvgIpc) is 2.76. The SMILES string of the molecule is O=C(C[n+]1ccccc1)NN=Cc1ccc(C=NNC(=O)C[n+]2ccccc2)cc1. The van der Waals surface area contributed by atoms with E-state index in [1.54, 1.807) is 21.6 Å². The first-order valence-corrected chi connectivity index (χ1v) is 9.31. The molecule has 0 radical (unpaired) electrons. The molecule has 0 aliphatic heterocycles.